The van der Waals surface area contributed by atoms with Crippen LogP contribution in [0.2, 0.25) is 0 Å². The number of halogens is 2. The summed E-state index contributed by atoms with van der Waals surface area (Å²) in [6.07, 6.45) is 61.3. The summed E-state index contributed by atoms with van der Waals surface area (Å²) in [6.45, 7) is 13.9. The number of fused-ring (bicyclic) bond motifs is 6. The van der Waals surface area contributed by atoms with E-state index in [2.05, 4.69) is 113 Å². The topological polar surface area (TPSA) is 25.8 Å². The molecule has 0 aliphatic heterocycles. The van der Waals surface area contributed by atoms with Crippen molar-refractivity contribution in [3.8, 4) is 50.1 Å². The summed E-state index contributed by atoms with van der Waals surface area (Å²) in [5, 5.41) is 10.2. The van der Waals surface area contributed by atoms with E-state index in [4.69, 9.17) is 8.75 Å². The van der Waals surface area contributed by atoms with E-state index in [0.717, 1.165) is 71.3 Å². The minimum Gasteiger partial charge on any atom is -0.203 e. The second-order valence-corrected chi connectivity index (χ2v) is 37.6. The van der Waals surface area contributed by atoms with Gasteiger partial charge in [0.25, 0.3) is 0 Å². The highest BCUT2D eigenvalue weighted by Gasteiger charge is 2.30. The van der Waals surface area contributed by atoms with E-state index in [1.54, 1.807) is 45.1 Å². The van der Waals surface area contributed by atoms with Crippen molar-refractivity contribution in [3.63, 3.8) is 0 Å². The molecule has 0 amide bonds. The van der Waals surface area contributed by atoms with Crippen molar-refractivity contribution < 1.29 is 8.78 Å². The number of benzene rings is 3. The van der Waals surface area contributed by atoms with Crippen LogP contribution in [0.4, 0.5) is 8.78 Å². The molecule has 7 heterocycles. The van der Waals surface area contributed by atoms with Gasteiger partial charge >= 0.3 is 0 Å². The van der Waals surface area contributed by atoms with Crippen LogP contribution in [0.3, 0.4) is 0 Å². The van der Waals surface area contributed by atoms with Crippen LogP contribution in [0.15, 0.2) is 71.4 Å². The van der Waals surface area contributed by atoms with Gasteiger partial charge in [0.05, 0.1) is 22.9 Å². The van der Waals surface area contributed by atoms with E-state index in [1.807, 2.05) is 34.0 Å². The van der Waals surface area contributed by atoms with Gasteiger partial charge < -0.3 is 0 Å². The molecule has 562 valence electrons. The maximum absolute atomic E-state index is 18.0. The molecule has 2 atom stereocenters. The van der Waals surface area contributed by atoms with Crippen LogP contribution in [0.25, 0.3) is 92.1 Å². The Morgan fingerprint density at radius 3 is 1.02 bits per heavy atom. The highest BCUT2D eigenvalue weighted by molar-refractivity contribution is 7.28. The van der Waals surface area contributed by atoms with Crippen molar-refractivity contribution in [1.29, 1.82) is 0 Å². The second kappa shape index (κ2) is 45.3. The number of thiophene rings is 6. The lowest BCUT2D eigenvalue weighted by atomic mass is 9.83. The van der Waals surface area contributed by atoms with Gasteiger partial charge in [-0.25, -0.2) is 8.78 Å². The number of aromatic nitrogens is 2. The molecular weight excluding hydrogens is 1400 g/mol. The zero-order valence-corrected chi connectivity index (χ0v) is 70.2. The molecule has 10 rings (SSSR count). The zero-order chi connectivity index (χ0) is 71.8. The zero-order valence-electron chi connectivity index (χ0n) is 64.5. The Morgan fingerprint density at radius 1 is 0.320 bits per heavy atom. The van der Waals surface area contributed by atoms with E-state index in [0.29, 0.717) is 22.9 Å². The smallest absolute Gasteiger partial charge is 0.170 e. The molecule has 0 aliphatic carbocycles. The summed E-state index contributed by atoms with van der Waals surface area (Å²) in [4.78, 5) is 9.07. The predicted molar refractivity (Wildman–Crippen MR) is 463 cm³/mol. The van der Waals surface area contributed by atoms with Crippen molar-refractivity contribution in [1.82, 2.24) is 8.75 Å². The third-order valence-electron chi connectivity index (χ3n) is 22.4. The molecule has 0 bridgehead atoms. The van der Waals surface area contributed by atoms with Crippen LogP contribution in [0.5, 0.6) is 0 Å². The van der Waals surface area contributed by atoms with Crippen molar-refractivity contribution in [2.45, 2.75) is 350 Å². The minimum absolute atomic E-state index is 0.260. The molecule has 3 aromatic carbocycles. The molecule has 0 N–H and O–H groups in total. The molecule has 0 spiro atoms. The van der Waals surface area contributed by atoms with Crippen molar-refractivity contribution in [2.24, 2.45) is 11.8 Å². The number of hydrogen-bond acceptors (Lipinski definition) is 9. The van der Waals surface area contributed by atoms with E-state index < -0.39 is 11.6 Å². The van der Waals surface area contributed by atoms with Crippen LogP contribution >= 0.6 is 79.7 Å². The second-order valence-electron chi connectivity index (χ2n) is 30.9. The molecule has 2 nitrogen and oxygen atoms in total. The fraction of sp³-hybridized carbons (Fsp3) is 0.609. The van der Waals surface area contributed by atoms with E-state index >= 15 is 8.78 Å². The normalized spacial score (nSPS) is 12.7. The number of unbranched alkanes of at least 4 members (excludes halogenated alkanes) is 34. The van der Waals surface area contributed by atoms with Gasteiger partial charge in [-0.05, 0) is 143 Å². The van der Waals surface area contributed by atoms with Crippen LogP contribution in [0, 0.1) is 23.5 Å². The summed E-state index contributed by atoms with van der Waals surface area (Å²) < 4.78 is 48.6. The lowest BCUT2D eigenvalue weighted by Crippen LogP contribution is -2.08. The van der Waals surface area contributed by atoms with Crippen LogP contribution in [-0.4, -0.2) is 8.75 Å². The highest BCUT2D eigenvalue weighted by atomic mass is 32.1. The monoisotopic (exact) mass is 1520 g/mol. The predicted octanol–water partition coefficient (Wildman–Crippen LogP) is 34.8. The lowest BCUT2D eigenvalue weighted by molar-refractivity contribution is 0.400. The molecular formula is C92H128F2N2S7. The minimum atomic E-state index is -0.808. The number of nitrogens with zero attached hydrogens (tertiary/aromatic N) is 2. The fourth-order valence-corrected chi connectivity index (χ4v) is 23.9. The molecule has 10 aromatic rings. The quantitative estimate of drug-likeness (QED) is 0.0355. The maximum Gasteiger partial charge on any atom is 0.170 e. The SMILES string of the molecule is CCCCCCCCCCC(CCCCCCCC)Cc1cc2cc(-c3sc(-c4c(F)c(F)c(-c5cc(CCCCCCCC)c(-c6cccs6)s5)c5nsnc45)cc3CCCCCCCC)sc2c2c(CC(CCCCCCCC)CCCCCCCCCC)cc3cc(-c4cccs4)sc3c12. The highest BCUT2D eigenvalue weighted by Crippen LogP contribution is 2.53. The van der Waals surface area contributed by atoms with Crippen molar-refractivity contribution >= 4 is 122 Å². The summed E-state index contributed by atoms with van der Waals surface area (Å²) >= 11 is 12.0. The summed E-state index contributed by atoms with van der Waals surface area (Å²) in [6, 6.07) is 23.8. The molecule has 103 heavy (non-hydrogen) atoms. The first kappa shape index (κ1) is 81.8. The van der Waals surface area contributed by atoms with Gasteiger partial charge in [-0.3, -0.25) is 0 Å². The third-order valence-corrected chi connectivity index (χ3v) is 30.0. The Morgan fingerprint density at radius 2 is 0.650 bits per heavy atom. The van der Waals surface area contributed by atoms with E-state index in [-0.39, 0.29) is 11.1 Å². The van der Waals surface area contributed by atoms with Gasteiger partial charge in [0.1, 0.15) is 11.0 Å². The van der Waals surface area contributed by atoms with Crippen molar-refractivity contribution in [3.05, 3.63) is 105 Å². The molecule has 2 unspecified atom stereocenters. The van der Waals surface area contributed by atoms with Gasteiger partial charge in [0.2, 0.25) is 0 Å². The summed E-state index contributed by atoms with van der Waals surface area (Å²) in [5.41, 5.74) is 7.07. The van der Waals surface area contributed by atoms with Gasteiger partial charge in [-0.1, -0.05) is 323 Å². The standard InChI is InChI=1S/C92H128F2N2S7/c1-7-13-19-25-31-33-37-43-51-67(49-41-35-27-21-15-9-3)59-71-61-73-65-77(75-55-47-57-97-75)99-91(73)81-72(60-68(50-42-36-28-22-16-10-4)52-44-38-34-32-26-20-14-8-2)62-74-66-80(102-92(74)82(71)81)90-70(54-46-40-30-24-18-12-6)64-79(101-90)84-86(94)85(93)83(87-88(84)96-103-95-87)78-63-69(53-45-39-29-23-17-11-5)89(100-78)76-56-48-58-98-76/h47-48,55-58,61-68H,7-46,49-54,59-60H2,1-6H3. The van der Waals surface area contributed by atoms with Gasteiger partial charge in [0.15, 0.2) is 11.6 Å². The lowest BCUT2D eigenvalue weighted by Gasteiger charge is -2.22. The molecule has 0 saturated heterocycles. The first-order chi connectivity index (χ1) is 50.8. The van der Waals surface area contributed by atoms with Crippen LogP contribution < -0.4 is 0 Å². The van der Waals surface area contributed by atoms with Gasteiger partial charge in [-0.2, -0.15) is 8.75 Å². The number of aryl methyl sites for hydroxylation is 2. The fourth-order valence-electron chi connectivity index (χ4n) is 16.5. The first-order valence-electron chi connectivity index (χ1n) is 42.2. The Labute approximate surface area is 650 Å². The van der Waals surface area contributed by atoms with E-state index in [1.165, 1.54) is 330 Å². The van der Waals surface area contributed by atoms with Gasteiger partial charge in [-0.15, -0.1) is 68.0 Å². The maximum atomic E-state index is 18.0. The molecule has 11 heteroatoms. The third kappa shape index (κ3) is 23.7. The number of rotatable bonds is 55. The Balaban J connectivity index is 1.11. The van der Waals surface area contributed by atoms with Crippen LogP contribution in [0.1, 0.15) is 346 Å². The van der Waals surface area contributed by atoms with E-state index in [9.17, 15) is 0 Å². The molecule has 0 aliphatic rings. The van der Waals surface area contributed by atoms with Crippen LogP contribution in [-0.2, 0) is 25.7 Å². The Kier molecular flexibility index (Phi) is 36.0. The summed E-state index contributed by atoms with van der Waals surface area (Å²) in [7, 11) is 0. The molecule has 0 radical (unpaired) electrons. The van der Waals surface area contributed by atoms with Crippen molar-refractivity contribution in [2.75, 3.05) is 0 Å². The van der Waals surface area contributed by atoms with Gasteiger partial charge in [0, 0.05) is 59.2 Å². The average molecular weight is 1520 g/mol. The molecule has 0 saturated carbocycles. The number of hydrogen-bond donors (Lipinski definition) is 0. The first-order valence-corrected chi connectivity index (χ1v) is 47.9. The molecule has 0 fully saturated rings. The Bertz CT molecular complexity index is 3960. The summed E-state index contributed by atoms with van der Waals surface area (Å²) in [5.74, 6) is -0.361. The average Bonchev–Trinajstić information content (AvgIpc) is 1.62. The largest absolute Gasteiger partial charge is 0.203 e. The molecule has 7 aromatic heterocycles. The Hall–Kier alpha value is -3.68.